The Hall–Kier alpha value is -4.34. The van der Waals surface area contributed by atoms with Gasteiger partial charge >= 0.3 is 5.97 Å². The molecule has 1 atom stereocenters. The van der Waals surface area contributed by atoms with Gasteiger partial charge in [0.1, 0.15) is 11.8 Å². The molecule has 0 bridgehead atoms. The lowest BCUT2D eigenvalue weighted by Crippen LogP contribution is -2.44. The van der Waals surface area contributed by atoms with Gasteiger partial charge in [-0.25, -0.2) is 9.69 Å². The van der Waals surface area contributed by atoms with E-state index < -0.39 is 29.7 Å². The third-order valence-corrected chi connectivity index (χ3v) is 5.27. The molecule has 170 valence electrons. The van der Waals surface area contributed by atoms with Crippen molar-refractivity contribution in [3.8, 4) is 17.2 Å². The normalized spacial score (nSPS) is 17.0. The summed E-state index contributed by atoms with van der Waals surface area (Å²) < 4.78 is 15.8. The molecule has 1 N–H and O–H groups in total. The van der Waals surface area contributed by atoms with E-state index in [1.165, 1.54) is 12.0 Å². The lowest BCUT2D eigenvalue weighted by Gasteiger charge is -2.27. The summed E-state index contributed by atoms with van der Waals surface area (Å²) in [6.45, 7) is 0.0365. The molecule has 4 rings (SSSR count). The first kappa shape index (κ1) is 21.9. The average Bonchev–Trinajstić information content (AvgIpc) is 3.39. The standard InChI is InChI=1S/C23H20N2O8/c1-31-16-5-3-15(4-6-16)25-21(27)11-17(23(25)30)24(20(26)8-9-22(28)29)12-14-2-7-18-19(10-14)33-13-32-18/h2-10,17H,11-13H2,1H3,(H,28,29)/b9-8+. The summed E-state index contributed by atoms with van der Waals surface area (Å²) in [7, 11) is 1.50. The van der Waals surface area contributed by atoms with Crippen molar-refractivity contribution in [3.63, 3.8) is 0 Å². The zero-order valence-corrected chi connectivity index (χ0v) is 17.6. The fourth-order valence-corrected chi connectivity index (χ4v) is 3.68. The molecule has 3 amide bonds. The van der Waals surface area contributed by atoms with E-state index in [9.17, 15) is 19.2 Å². The van der Waals surface area contributed by atoms with Gasteiger partial charge in [-0.3, -0.25) is 14.4 Å². The molecule has 2 aliphatic heterocycles. The summed E-state index contributed by atoms with van der Waals surface area (Å²) in [5, 5.41) is 8.91. The highest BCUT2D eigenvalue weighted by atomic mass is 16.7. The lowest BCUT2D eigenvalue weighted by atomic mass is 10.1. The molecule has 2 aromatic carbocycles. The van der Waals surface area contributed by atoms with E-state index in [0.29, 0.717) is 34.6 Å². The second-order valence-corrected chi connectivity index (χ2v) is 7.31. The van der Waals surface area contributed by atoms with Crippen LogP contribution in [0, 0.1) is 0 Å². The zero-order chi connectivity index (χ0) is 23.5. The van der Waals surface area contributed by atoms with Crippen molar-refractivity contribution in [3.05, 3.63) is 60.2 Å². The highest BCUT2D eigenvalue weighted by Gasteiger charge is 2.44. The van der Waals surface area contributed by atoms with Crippen LogP contribution in [0.3, 0.4) is 0 Å². The number of methoxy groups -OCH3 is 1. The van der Waals surface area contributed by atoms with E-state index >= 15 is 0 Å². The number of fused-ring (bicyclic) bond motifs is 1. The van der Waals surface area contributed by atoms with Crippen molar-refractivity contribution in [2.75, 3.05) is 18.8 Å². The molecular formula is C23H20N2O8. The van der Waals surface area contributed by atoms with Gasteiger partial charge in [-0.2, -0.15) is 0 Å². The Kier molecular flexibility index (Phi) is 5.99. The summed E-state index contributed by atoms with van der Waals surface area (Å²) in [6.07, 6.45) is 1.32. The van der Waals surface area contributed by atoms with E-state index in [2.05, 4.69) is 0 Å². The number of aliphatic carboxylic acids is 1. The van der Waals surface area contributed by atoms with Crippen molar-refractivity contribution in [2.24, 2.45) is 0 Å². The number of amides is 3. The second-order valence-electron chi connectivity index (χ2n) is 7.31. The second kappa shape index (κ2) is 9.03. The molecule has 10 nitrogen and oxygen atoms in total. The predicted molar refractivity (Wildman–Crippen MR) is 114 cm³/mol. The minimum Gasteiger partial charge on any atom is -0.497 e. The van der Waals surface area contributed by atoms with E-state index in [1.807, 2.05) is 0 Å². The van der Waals surface area contributed by atoms with Gasteiger partial charge < -0.3 is 24.2 Å². The quantitative estimate of drug-likeness (QED) is 0.498. The number of imide groups is 1. The van der Waals surface area contributed by atoms with Crippen molar-refractivity contribution in [2.45, 2.75) is 19.0 Å². The smallest absolute Gasteiger partial charge is 0.328 e. The Morgan fingerprint density at radius 1 is 1.12 bits per heavy atom. The molecule has 10 heteroatoms. The van der Waals surface area contributed by atoms with Crippen molar-refractivity contribution in [1.82, 2.24) is 4.90 Å². The molecule has 1 fully saturated rings. The van der Waals surface area contributed by atoms with Gasteiger partial charge in [0.15, 0.2) is 11.5 Å². The van der Waals surface area contributed by atoms with Gasteiger partial charge in [0.05, 0.1) is 19.2 Å². The van der Waals surface area contributed by atoms with Gasteiger partial charge in [-0.1, -0.05) is 6.07 Å². The number of anilines is 1. The van der Waals surface area contributed by atoms with E-state index in [-0.39, 0.29) is 19.8 Å². The van der Waals surface area contributed by atoms with Gasteiger partial charge in [-0.05, 0) is 42.0 Å². The van der Waals surface area contributed by atoms with E-state index in [4.69, 9.17) is 19.3 Å². The molecule has 1 unspecified atom stereocenters. The minimum atomic E-state index is -1.31. The maximum Gasteiger partial charge on any atom is 0.328 e. The van der Waals surface area contributed by atoms with Crippen LogP contribution in [0.4, 0.5) is 5.69 Å². The molecule has 2 heterocycles. The zero-order valence-electron chi connectivity index (χ0n) is 17.6. The summed E-state index contributed by atoms with van der Waals surface area (Å²) in [5.41, 5.74) is 0.976. The van der Waals surface area contributed by atoms with Crippen molar-refractivity contribution in [1.29, 1.82) is 0 Å². The van der Waals surface area contributed by atoms with Crippen LogP contribution in [0.5, 0.6) is 17.2 Å². The van der Waals surface area contributed by atoms with Crippen LogP contribution < -0.4 is 19.1 Å². The number of benzene rings is 2. The predicted octanol–water partition coefficient (Wildman–Crippen LogP) is 1.73. The number of nitrogens with zero attached hydrogens (tertiary/aromatic N) is 2. The molecule has 0 aromatic heterocycles. The Labute approximate surface area is 188 Å². The summed E-state index contributed by atoms with van der Waals surface area (Å²) in [4.78, 5) is 51.9. The third kappa shape index (κ3) is 4.49. The molecule has 0 aliphatic carbocycles. The van der Waals surface area contributed by atoms with Gasteiger partial charge in [0, 0.05) is 18.7 Å². The van der Waals surface area contributed by atoms with Crippen LogP contribution in [0.1, 0.15) is 12.0 Å². The van der Waals surface area contributed by atoms with Crippen LogP contribution in [0.2, 0.25) is 0 Å². The van der Waals surface area contributed by atoms with Crippen LogP contribution in [-0.4, -0.2) is 53.6 Å². The third-order valence-electron chi connectivity index (χ3n) is 5.27. The number of carboxylic acids is 1. The summed E-state index contributed by atoms with van der Waals surface area (Å²) >= 11 is 0. The maximum atomic E-state index is 13.2. The minimum absolute atomic E-state index is 0.0421. The summed E-state index contributed by atoms with van der Waals surface area (Å²) in [6, 6.07) is 10.3. The number of hydrogen-bond acceptors (Lipinski definition) is 7. The molecule has 1 saturated heterocycles. The number of ether oxygens (including phenoxy) is 3. The monoisotopic (exact) mass is 452 g/mol. The van der Waals surface area contributed by atoms with Crippen molar-refractivity contribution >= 4 is 29.4 Å². The number of carbonyl (C=O) groups is 4. The lowest BCUT2D eigenvalue weighted by molar-refractivity contribution is -0.135. The molecule has 33 heavy (non-hydrogen) atoms. The average molecular weight is 452 g/mol. The Morgan fingerprint density at radius 2 is 1.85 bits per heavy atom. The van der Waals surface area contributed by atoms with Crippen LogP contribution in [-0.2, 0) is 25.7 Å². The molecular weight excluding hydrogens is 432 g/mol. The SMILES string of the molecule is COc1ccc(N2C(=O)CC(N(Cc3ccc4c(c3)OCO4)C(=O)/C=C/C(=O)O)C2=O)cc1. The maximum absolute atomic E-state index is 13.2. The van der Waals surface area contributed by atoms with E-state index in [1.54, 1.807) is 42.5 Å². The van der Waals surface area contributed by atoms with Crippen LogP contribution in [0.25, 0.3) is 0 Å². The van der Waals surface area contributed by atoms with Crippen LogP contribution >= 0.6 is 0 Å². The van der Waals surface area contributed by atoms with Gasteiger partial charge in [-0.15, -0.1) is 0 Å². The topological polar surface area (TPSA) is 123 Å². The fourth-order valence-electron chi connectivity index (χ4n) is 3.68. The number of rotatable bonds is 7. The molecule has 2 aromatic rings. The first-order chi connectivity index (χ1) is 15.9. The van der Waals surface area contributed by atoms with Gasteiger partial charge in [0.25, 0.3) is 5.91 Å². The number of hydrogen-bond donors (Lipinski definition) is 1. The fraction of sp³-hybridized carbons (Fsp3) is 0.217. The highest BCUT2D eigenvalue weighted by Crippen LogP contribution is 2.34. The van der Waals surface area contributed by atoms with Crippen molar-refractivity contribution < 1.29 is 38.5 Å². The molecule has 0 saturated carbocycles. The van der Waals surface area contributed by atoms with Gasteiger partial charge in [0.2, 0.25) is 18.6 Å². The first-order valence-corrected chi connectivity index (χ1v) is 9.98. The Morgan fingerprint density at radius 3 is 2.55 bits per heavy atom. The van der Waals surface area contributed by atoms with Crippen LogP contribution in [0.15, 0.2) is 54.6 Å². The Bertz CT molecular complexity index is 1140. The molecule has 0 radical (unpaired) electrons. The summed E-state index contributed by atoms with van der Waals surface area (Å²) in [5.74, 6) is -1.45. The number of carboxylic acid groups (broad SMARTS) is 1. The first-order valence-electron chi connectivity index (χ1n) is 9.98. The van der Waals surface area contributed by atoms with E-state index in [0.717, 1.165) is 11.0 Å². The highest BCUT2D eigenvalue weighted by molar-refractivity contribution is 6.23. The number of carbonyl (C=O) groups excluding carboxylic acids is 3. The largest absolute Gasteiger partial charge is 0.497 e. The molecule has 2 aliphatic rings. The Balaban J connectivity index is 1.63. The molecule has 0 spiro atoms.